The molecule has 0 aliphatic carbocycles. The Bertz CT molecular complexity index is 275. The van der Waals surface area contributed by atoms with Crippen LogP contribution in [0.4, 0.5) is 17.3 Å². The number of hydrogen-bond acceptors (Lipinski definition) is 0. The van der Waals surface area contributed by atoms with E-state index in [1.165, 1.54) is 0 Å². The zero-order valence-electron chi connectivity index (χ0n) is 7.68. The third-order valence-electron chi connectivity index (χ3n) is 1.33. The van der Waals surface area contributed by atoms with Crippen LogP contribution in [0.25, 0.3) is 6.08 Å². The van der Waals surface area contributed by atoms with E-state index in [1.807, 2.05) is 18.5 Å². The summed E-state index contributed by atoms with van der Waals surface area (Å²) in [5.74, 6) is 1.07. The van der Waals surface area contributed by atoms with Gasteiger partial charge in [-0.1, -0.05) is 6.58 Å². The topological polar surface area (TPSA) is 19.7 Å². The number of aryl methyl sites for hydroxylation is 1. The summed E-state index contributed by atoms with van der Waals surface area (Å²) in [6, 6.07) is 0. The monoisotopic (exact) mass is 210 g/mol. The van der Waals surface area contributed by atoms with Crippen molar-refractivity contribution >= 4 is 13.3 Å². The zero-order chi connectivity index (χ0) is 11.2. The molecule has 0 saturated heterocycles. The Hall–Kier alpha value is -1.27. The SMILES string of the molecule is C=Cc1[nH]cc[n+]1CC.F[B-](F)(F)F. The molecule has 0 atom stereocenters. The highest BCUT2D eigenvalue weighted by atomic mass is 19.5. The molecule has 0 spiro atoms. The van der Waals surface area contributed by atoms with Crippen molar-refractivity contribution in [3.63, 3.8) is 0 Å². The molecule has 0 fully saturated rings. The molecule has 0 bridgehead atoms. The van der Waals surface area contributed by atoms with Crippen LogP contribution < -0.4 is 4.57 Å². The third kappa shape index (κ3) is 6.27. The molecule has 0 aromatic carbocycles. The molecule has 1 rings (SSSR count). The summed E-state index contributed by atoms with van der Waals surface area (Å²) in [5, 5.41) is 0. The quantitative estimate of drug-likeness (QED) is 0.438. The second kappa shape index (κ2) is 5.46. The summed E-state index contributed by atoms with van der Waals surface area (Å²) in [6.45, 7) is 6.75. The summed E-state index contributed by atoms with van der Waals surface area (Å²) < 4.78 is 41.1. The lowest BCUT2D eigenvalue weighted by atomic mass is 10.3. The molecule has 0 amide bonds. The van der Waals surface area contributed by atoms with Gasteiger partial charge in [0.15, 0.2) is 0 Å². The van der Waals surface area contributed by atoms with Crippen LogP contribution in [0, 0.1) is 0 Å². The summed E-state index contributed by atoms with van der Waals surface area (Å²) in [4.78, 5) is 3.05. The Balaban J connectivity index is 0.000000292. The van der Waals surface area contributed by atoms with Gasteiger partial charge in [0.05, 0.1) is 6.54 Å². The fourth-order valence-corrected chi connectivity index (χ4v) is 0.828. The Morgan fingerprint density at radius 3 is 2.29 bits per heavy atom. The summed E-state index contributed by atoms with van der Waals surface area (Å²) in [5.41, 5.74) is 0. The second-order valence-corrected chi connectivity index (χ2v) is 2.33. The Labute approximate surface area is 79.4 Å². The van der Waals surface area contributed by atoms with Gasteiger partial charge in [0.1, 0.15) is 12.4 Å². The number of nitrogens with zero attached hydrogens (tertiary/aromatic N) is 1. The van der Waals surface area contributed by atoms with E-state index in [0.29, 0.717) is 0 Å². The summed E-state index contributed by atoms with van der Waals surface area (Å²) >= 11 is 0. The minimum absolute atomic E-state index is 0.991. The number of imidazole rings is 1. The average Bonchev–Trinajstić information content (AvgIpc) is 2.47. The van der Waals surface area contributed by atoms with Gasteiger partial charge in [0.2, 0.25) is 0 Å². The van der Waals surface area contributed by atoms with Crippen molar-refractivity contribution in [3.8, 4) is 0 Å². The molecule has 0 saturated carbocycles. The molecule has 0 aliphatic heterocycles. The standard InChI is InChI=1S/C7H10N2.BF4/c1-3-7-8-5-6-9(7)4-2;2-1(3,4)5/h3,5-6H,1,4H2,2H3;/q;-1/p+1. The molecule has 1 heterocycles. The normalized spacial score (nSPS) is 10.4. The third-order valence-corrected chi connectivity index (χ3v) is 1.33. The van der Waals surface area contributed by atoms with Crippen LogP contribution in [0.5, 0.6) is 0 Å². The van der Waals surface area contributed by atoms with Crippen LogP contribution in [0.1, 0.15) is 12.7 Å². The van der Waals surface area contributed by atoms with E-state index in [-0.39, 0.29) is 0 Å². The van der Waals surface area contributed by atoms with E-state index in [9.17, 15) is 17.3 Å². The van der Waals surface area contributed by atoms with Gasteiger partial charge >= 0.3 is 7.25 Å². The van der Waals surface area contributed by atoms with Gasteiger partial charge in [0.25, 0.3) is 5.82 Å². The van der Waals surface area contributed by atoms with Crippen molar-refractivity contribution in [3.05, 3.63) is 24.8 Å². The molecule has 1 aromatic heterocycles. The molecule has 7 heteroatoms. The minimum Gasteiger partial charge on any atom is -0.418 e. The molecule has 14 heavy (non-hydrogen) atoms. The second-order valence-electron chi connectivity index (χ2n) is 2.33. The largest absolute Gasteiger partial charge is 0.673 e. The van der Waals surface area contributed by atoms with Gasteiger partial charge in [-0.15, -0.1) is 0 Å². The predicted molar refractivity (Wildman–Crippen MR) is 46.9 cm³/mol. The van der Waals surface area contributed by atoms with Crippen LogP contribution in [0.15, 0.2) is 19.0 Å². The summed E-state index contributed by atoms with van der Waals surface area (Å²) in [6.07, 6.45) is 5.71. The minimum atomic E-state index is -6.00. The van der Waals surface area contributed by atoms with Crippen molar-refractivity contribution in [2.45, 2.75) is 13.5 Å². The van der Waals surface area contributed by atoms with Gasteiger partial charge in [-0.3, -0.25) is 0 Å². The van der Waals surface area contributed by atoms with Gasteiger partial charge in [-0.2, -0.15) is 0 Å². The number of halogens is 4. The van der Waals surface area contributed by atoms with Crippen molar-refractivity contribution in [1.82, 2.24) is 4.98 Å². The molecule has 0 aliphatic rings. The first-order chi connectivity index (χ1) is 6.38. The molecule has 0 unspecified atom stereocenters. The first-order valence-electron chi connectivity index (χ1n) is 3.95. The maximum atomic E-state index is 9.75. The lowest BCUT2D eigenvalue weighted by molar-refractivity contribution is -0.693. The van der Waals surface area contributed by atoms with Crippen LogP contribution in [-0.2, 0) is 6.54 Å². The highest BCUT2D eigenvalue weighted by molar-refractivity contribution is 6.50. The molecular weight excluding hydrogens is 199 g/mol. The Morgan fingerprint density at radius 1 is 1.50 bits per heavy atom. The maximum absolute atomic E-state index is 9.75. The Kier molecular flexibility index (Phi) is 4.97. The zero-order valence-corrected chi connectivity index (χ0v) is 7.68. The number of rotatable bonds is 2. The van der Waals surface area contributed by atoms with Crippen LogP contribution in [0.2, 0.25) is 0 Å². The number of H-pyrrole nitrogens is 1. The molecule has 1 aromatic rings. The number of aromatic amines is 1. The molecule has 2 nitrogen and oxygen atoms in total. The van der Waals surface area contributed by atoms with Gasteiger partial charge in [0, 0.05) is 6.08 Å². The highest BCUT2D eigenvalue weighted by Crippen LogP contribution is 2.06. The lowest BCUT2D eigenvalue weighted by Gasteiger charge is -1.94. The van der Waals surface area contributed by atoms with Crippen molar-refractivity contribution in [2.75, 3.05) is 0 Å². The van der Waals surface area contributed by atoms with Crippen LogP contribution in [-0.4, -0.2) is 12.2 Å². The van der Waals surface area contributed by atoms with E-state index in [1.54, 1.807) is 0 Å². The van der Waals surface area contributed by atoms with Crippen molar-refractivity contribution in [1.29, 1.82) is 0 Å². The van der Waals surface area contributed by atoms with Gasteiger partial charge in [-0.25, -0.2) is 9.55 Å². The fraction of sp³-hybridized carbons (Fsp3) is 0.286. The van der Waals surface area contributed by atoms with Crippen LogP contribution >= 0.6 is 0 Å². The Morgan fingerprint density at radius 2 is 2.00 bits per heavy atom. The fourth-order valence-electron chi connectivity index (χ4n) is 0.828. The van der Waals surface area contributed by atoms with E-state index >= 15 is 0 Å². The molecule has 80 valence electrons. The number of hydrogen-bond donors (Lipinski definition) is 1. The van der Waals surface area contributed by atoms with Gasteiger partial charge in [-0.05, 0) is 6.92 Å². The molecule has 1 N–H and O–H groups in total. The highest BCUT2D eigenvalue weighted by Gasteiger charge is 2.20. The first-order valence-corrected chi connectivity index (χ1v) is 3.95. The van der Waals surface area contributed by atoms with Crippen molar-refractivity contribution in [2.24, 2.45) is 0 Å². The molecular formula is C7H11BF4N2. The average molecular weight is 210 g/mol. The van der Waals surface area contributed by atoms with Crippen LogP contribution in [0.3, 0.4) is 0 Å². The predicted octanol–water partition coefficient (Wildman–Crippen LogP) is 2.27. The number of nitrogens with one attached hydrogen (secondary N) is 1. The van der Waals surface area contributed by atoms with E-state index in [4.69, 9.17) is 0 Å². The van der Waals surface area contributed by atoms with E-state index < -0.39 is 7.25 Å². The number of aromatic nitrogens is 2. The van der Waals surface area contributed by atoms with Crippen molar-refractivity contribution < 1.29 is 21.8 Å². The van der Waals surface area contributed by atoms with Gasteiger partial charge < -0.3 is 17.3 Å². The van der Waals surface area contributed by atoms with E-state index in [2.05, 4.69) is 23.1 Å². The smallest absolute Gasteiger partial charge is 0.418 e. The first kappa shape index (κ1) is 12.7. The maximum Gasteiger partial charge on any atom is 0.673 e. The lowest BCUT2D eigenvalue weighted by Crippen LogP contribution is -2.32. The van der Waals surface area contributed by atoms with E-state index in [0.717, 1.165) is 12.4 Å². The summed E-state index contributed by atoms with van der Waals surface area (Å²) in [7, 11) is -6.00. The molecule has 0 radical (unpaired) electrons.